The molecule has 1 aliphatic heterocycles. The molecule has 148 valence electrons. The van der Waals surface area contributed by atoms with Gasteiger partial charge in [-0.3, -0.25) is 4.79 Å². The Balaban J connectivity index is 1.94. The predicted molar refractivity (Wildman–Crippen MR) is 107 cm³/mol. The van der Waals surface area contributed by atoms with Crippen molar-refractivity contribution in [3.8, 4) is 0 Å². The van der Waals surface area contributed by atoms with Crippen molar-refractivity contribution < 1.29 is 8.78 Å². The molecule has 4 rings (SSSR count). The predicted octanol–water partition coefficient (Wildman–Crippen LogP) is 3.39. The van der Waals surface area contributed by atoms with E-state index in [9.17, 15) is 13.6 Å². The van der Waals surface area contributed by atoms with Crippen LogP contribution in [0.15, 0.2) is 64.6 Å². The van der Waals surface area contributed by atoms with Gasteiger partial charge in [-0.05, 0) is 36.8 Å². The average molecular weight is 415 g/mol. The highest BCUT2D eigenvalue weighted by molar-refractivity contribution is 6.30. The van der Waals surface area contributed by atoms with Gasteiger partial charge in [0.05, 0.1) is 6.04 Å². The molecular weight excluding hydrogens is 398 g/mol. The minimum absolute atomic E-state index is 0.0740. The molecule has 2 atom stereocenters. The molecule has 0 amide bonds. The summed E-state index contributed by atoms with van der Waals surface area (Å²) in [4.78, 5) is 20.6. The van der Waals surface area contributed by atoms with Crippen LogP contribution >= 0.6 is 11.6 Å². The SMILES string of the molecule is C[C@@H]1NC(c2cc(Cl)c(=O)n(C)c2)=N[C@]1(c1ccc(F)cc1)c1ccc(F)nc1. The Labute approximate surface area is 170 Å². The highest BCUT2D eigenvalue weighted by Crippen LogP contribution is 2.40. The van der Waals surface area contributed by atoms with Gasteiger partial charge in [-0.15, -0.1) is 0 Å². The second kappa shape index (κ2) is 7.08. The number of nitrogens with zero attached hydrogens (tertiary/aromatic N) is 3. The van der Waals surface area contributed by atoms with Crippen LogP contribution in [-0.2, 0) is 12.6 Å². The number of benzene rings is 1. The van der Waals surface area contributed by atoms with Crippen LogP contribution in [0.1, 0.15) is 23.6 Å². The molecule has 0 bridgehead atoms. The van der Waals surface area contributed by atoms with E-state index in [0.717, 1.165) is 5.56 Å². The van der Waals surface area contributed by atoms with Crippen LogP contribution in [0, 0.1) is 11.8 Å². The second-order valence-electron chi connectivity index (χ2n) is 6.96. The van der Waals surface area contributed by atoms with Gasteiger partial charge in [0.15, 0.2) is 0 Å². The Hall–Kier alpha value is -3.06. The normalized spacial score (nSPS) is 21.0. The Morgan fingerprint density at radius 2 is 1.83 bits per heavy atom. The number of amidine groups is 1. The number of halogens is 3. The van der Waals surface area contributed by atoms with E-state index in [1.54, 1.807) is 37.5 Å². The molecular formula is C21H17ClF2N4O. The molecule has 0 radical (unpaired) electrons. The summed E-state index contributed by atoms with van der Waals surface area (Å²) < 4.78 is 28.4. The third-order valence-electron chi connectivity index (χ3n) is 5.13. The van der Waals surface area contributed by atoms with Crippen LogP contribution in [0.25, 0.3) is 0 Å². The first-order chi connectivity index (χ1) is 13.8. The largest absolute Gasteiger partial charge is 0.364 e. The van der Waals surface area contributed by atoms with Crippen LogP contribution in [0.4, 0.5) is 8.78 Å². The quantitative estimate of drug-likeness (QED) is 0.668. The first-order valence-electron chi connectivity index (χ1n) is 8.92. The summed E-state index contributed by atoms with van der Waals surface area (Å²) in [6.45, 7) is 1.92. The number of nitrogens with one attached hydrogen (secondary N) is 1. The van der Waals surface area contributed by atoms with E-state index in [-0.39, 0.29) is 22.4 Å². The monoisotopic (exact) mass is 414 g/mol. The molecule has 0 fully saturated rings. The lowest BCUT2D eigenvalue weighted by atomic mass is 9.79. The number of rotatable bonds is 3. The number of aliphatic imine (C=N–C) groups is 1. The summed E-state index contributed by atoms with van der Waals surface area (Å²) >= 11 is 6.06. The molecule has 0 spiro atoms. The van der Waals surface area contributed by atoms with E-state index in [2.05, 4.69) is 10.3 Å². The lowest BCUT2D eigenvalue weighted by molar-refractivity contribution is 0.449. The van der Waals surface area contributed by atoms with Gasteiger partial charge in [-0.25, -0.2) is 14.4 Å². The minimum Gasteiger partial charge on any atom is -0.364 e. The zero-order valence-corrected chi connectivity index (χ0v) is 16.4. The molecule has 0 unspecified atom stereocenters. The second-order valence-corrected chi connectivity index (χ2v) is 7.37. The highest BCUT2D eigenvalue weighted by atomic mass is 35.5. The number of hydrogen-bond acceptors (Lipinski definition) is 4. The molecule has 1 aliphatic rings. The van der Waals surface area contributed by atoms with E-state index >= 15 is 0 Å². The van der Waals surface area contributed by atoms with E-state index in [4.69, 9.17) is 16.6 Å². The fraction of sp³-hybridized carbons (Fsp3) is 0.190. The Morgan fingerprint density at radius 1 is 1.14 bits per heavy atom. The summed E-state index contributed by atoms with van der Waals surface area (Å²) in [6.07, 6.45) is 3.06. The molecule has 3 aromatic rings. The van der Waals surface area contributed by atoms with Crippen molar-refractivity contribution in [2.75, 3.05) is 0 Å². The first-order valence-corrected chi connectivity index (χ1v) is 9.30. The fourth-order valence-electron chi connectivity index (χ4n) is 3.66. The van der Waals surface area contributed by atoms with Crippen LogP contribution < -0.4 is 10.9 Å². The zero-order chi connectivity index (χ0) is 20.8. The number of aryl methyl sites for hydroxylation is 1. The maximum atomic E-state index is 13.6. The molecule has 0 aliphatic carbocycles. The smallest absolute Gasteiger partial charge is 0.269 e. The van der Waals surface area contributed by atoms with Crippen molar-refractivity contribution in [1.29, 1.82) is 0 Å². The number of hydrogen-bond donors (Lipinski definition) is 1. The maximum Gasteiger partial charge on any atom is 0.269 e. The molecule has 8 heteroatoms. The summed E-state index contributed by atoms with van der Waals surface area (Å²) in [7, 11) is 1.60. The third-order valence-corrected chi connectivity index (χ3v) is 5.40. The fourth-order valence-corrected chi connectivity index (χ4v) is 3.92. The van der Waals surface area contributed by atoms with Crippen LogP contribution in [0.5, 0.6) is 0 Å². The van der Waals surface area contributed by atoms with Crippen LogP contribution in [-0.4, -0.2) is 21.4 Å². The van der Waals surface area contributed by atoms with Gasteiger partial charge in [0.1, 0.15) is 22.2 Å². The van der Waals surface area contributed by atoms with Crippen molar-refractivity contribution in [3.63, 3.8) is 0 Å². The van der Waals surface area contributed by atoms with Crippen molar-refractivity contribution in [2.24, 2.45) is 12.0 Å². The molecule has 2 aromatic heterocycles. The molecule has 29 heavy (non-hydrogen) atoms. The summed E-state index contributed by atoms with van der Waals surface area (Å²) in [5.41, 5.74) is 0.720. The van der Waals surface area contributed by atoms with Gasteiger partial charge in [-0.1, -0.05) is 29.8 Å². The topological polar surface area (TPSA) is 59.3 Å². The standard InChI is InChI=1S/C21H17ClF2N4O/c1-12-21(14-3-6-16(23)7-4-14,15-5-8-18(24)25-10-15)27-19(26-12)13-9-17(22)20(29)28(2)11-13/h3-12H,1-2H3,(H,26,27)/t12-,21+/m0/s1. The van der Waals surface area contributed by atoms with E-state index in [1.807, 2.05) is 6.92 Å². The van der Waals surface area contributed by atoms with E-state index in [0.29, 0.717) is 17.0 Å². The molecule has 3 heterocycles. The van der Waals surface area contributed by atoms with Gasteiger partial charge in [0.2, 0.25) is 5.95 Å². The number of aromatic nitrogens is 2. The lowest BCUT2D eigenvalue weighted by Gasteiger charge is -2.31. The van der Waals surface area contributed by atoms with Gasteiger partial charge in [0.25, 0.3) is 5.56 Å². The number of pyridine rings is 2. The minimum atomic E-state index is -0.967. The third kappa shape index (κ3) is 3.21. The van der Waals surface area contributed by atoms with E-state index in [1.165, 1.54) is 29.0 Å². The Kier molecular flexibility index (Phi) is 4.70. The van der Waals surface area contributed by atoms with Gasteiger partial charge in [-0.2, -0.15) is 4.39 Å². The van der Waals surface area contributed by atoms with Gasteiger partial charge < -0.3 is 9.88 Å². The van der Waals surface area contributed by atoms with Crippen molar-refractivity contribution in [1.82, 2.24) is 14.9 Å². The van der Waals surface area contributed by atoms with Crippen molar-refractivity contribution >= 4 is 17.4 Å². The highest BCUT2D eigenvalue weighted by Gasteiger charge is 2.45. The molecule has 0 saturated carbocycles. The summed E-state index contributed by atoms with van der Waals surface area (Å²) in [5, 5.41) is 3.40. The van der Waals surface area contributed by atoms with Crippen LogP contribution in [0.2, 0.25) is 5.02 Å². The zero-order valence-electron chi connectivity index (χ0n) is 15.7. The van der Waals surface area contributed by atoms with Crippen molar-refractivity contribution in [3.05, 3.63) is 98.7 Å². The van der Waals surface area contributed by atoms with Gasteiger partial charge >= 0.3 is 0 Å². The Morgan fingerprint density at radius 3 is 2.45 bits per heavy atom. The first kappa shape index (κ1) is 19.3. The van der Waals surface area contributed by atoms with E-state index < -0.39 is 11.5 Å². The molecule has 0 saturated heterocycles. The average Bonchev–Trinajstić information content (AvgIpc) is 3.05. The Bertz CT molecular complexity index is 1090. The maximum absolute atomic E-state index is 13.6. The van der Waals surface area contributed by atoms with Gasteiger partial charge in [0, 0.05) is 30.6 Å². The molecule has 1 aromatic carbocycles. The summed E-state index contributed by atoms with van der Waals surface area (Å²) in [6, 6.07) is 10.2. The van der Waals surface area contributed by atoms with Crippen LogP contribution in [0.3, 0.4) is 0 Å². The molecule has 1 N–H and O–H groups in total. The lowest BCUT2D eigenvalue weighted by Crippen LogP contribution is -2.41. The summed E-state index contributed by atoms with van der Waals surface area (Å²) in [5.74, 6) is -0.451. The van der Waals surface area contributed by atoms with Crippen molar-refractivity contribution in [2.45, 2.75) is 18.5 Å². The molecule has 5 nitrogen and oxygen atoms in total.